The van der Waals surface area contributed by atoms with Crippen molar-refractivity contribution < 1.29 is 9.59 Å². The Bertz CT molecular complexity index is 364. The highest BCUT2D eigenvalue weighted by atomic mass is 16.2. The fourth-order valence-electron chi connectivity index (χ4n) is 1.77. The Balaban J connectivity index is 2.39. The van der Waals surface area contributed by atoms with Crippen LogP contribution < -0.4 is 16.4 Å². The van der Waals surface area contributed by atoms with Gasteiger partial charge in [0.15, 0.2) is 0 Å². The van der Waals surface area contributed by atoms with E-state index in [1.54, 1.807) is 6.07 Å². The largest absolute Gasteiger partial charge is 0.365 e. The summed E-state index contributed by atoms with van der Waals surface area (Å²) in [6.07, 6.45) is 6.41. The quantitative estimate of drug-likeness (QED) is 0.490. The van der Waals surface area contributed by atoms with Crippen molar-refractivity contribution >= 4 is 11.9 Å². The molecule has 6 nitrogen and oxygen atoms in total. The molecule has 3 amide bonds. The Morgan fingerprint density at radius 2 is 1.94 bits per heavy atom. The summed E-state index contributed by atoms with van der Waals surface area (Å²) in [5.41, 5.74) is 4.64. The zero-order valence-corrected chi connectivity index (χ0v) is 9.53. The summed E-state index contributed by atoms with van der Waals surface area (Å²) in [7, 11) is 0. The summed E-state index contributed by atoms with van der Waals surface area (Å²) in [6, 6.07) is 1.37. The average Bonchev–Trinajstić information content (AvgIpc) is 2.30. The smallest absolute Gasteiger partial charge is 0.319 e. The van der Waals surface area contributed by atoms with Gasteiger partial charge in [-0.05, 0) is 12.8 Å². The summed E-state index contributed by atoms with van der Waals surface area (Å²) in [6.45, 7) is 0. The minimum Gasteiger partial charge on any atom is -0.365 e. The maximum absolute atomic E-state index is 11.4. The fraction of sp³-hybridized carbons (Fsp3) is 0.545. The van der Waals surface area contributed by atoms with Crippen LogP contribution in [0.15, 0.2) is 11.8 Å². The van der Waals surface area contributed by atoms with Crippen LogP contribution in [0.5, 0.6) is 0 Å². The standard InChI is InChI=1S/C11H16N4O2/c12-6-8(10(13)16)7-14-11(17)15-9-4-2-1-3-5-9/h7,9H,1-5H2,(H2,13,16)(H2,14,15,17)/b8-7-. The molecule has 0 spiro atoms. The maximum atomic E-state index is 11.4. The second kappa shape index (κ2) is 6.53. The first-order valence-electron chi connectivity index (χ1n) is 5.60. The number of primary amides is 1. The van der Waals surface area contributed by atoms with Gasteiger partial charge in [-0.2, -0.15) is 5.26 Å². The van der Waals surface area contributed by atoms with E-state index in [0.717, 1.165) is 31.9 Å². The van der Waals surface area contributed by atoms with Crippen molar-refractivity contribution in [3.05, 3.63) is 11.8 Å². The van der Waals surface area contributed by atoms with E-state index in [0.29, 0.717) is 0 Å². The lowest BCUT2D eigenvalue weighted by Gasteiger charge is -2.22. The second-order valence-corrected chi connectivity index (χ2v) is 3.99. The second-order valence-electron chi connectivity index (χ2n) is 3.99. The van der Waals surface area contributed by atoms with Gasteiger partial charge in [-0.25, -0.2) is 4.79 Å². The van der Waals surface area contributed by atoms with Crippen molar-refractivity contribution in [2.75, 3.05) is 0 Å². The zero-order valence-electron chi connectivity index (χ0n) is 9.53. The van der Waals surface area contributed by atoms with Gasteiger partial charge in [-0.1, -0.05) is 19.3 Å². The van der Waals surface area contributed by atoms with E-state index in [2.05, 4.69) is 10.6 Å². The molecule has 1 saturated carbocycles. The number of amides is 3. The average molecular weight is 236 g/mol. The highest BCUT2D eigenvalue weighted by molar-refractivity contribution is 5.96. The van der Waals surface area contributed by atoms with Crippen LogP contribution >= 0.6 is 0 Å². The van der Waals surface area contributed by atoms with Crippen molar-refractivity contribution in [3.63, 3.8) is 0 Å². The number of hydrogen-bond donors (Lipinski definition) is 3. The number of nitrogens with two attached hydrogens (primary N) is 1. The molecule has 0 aromatic carbocycles. The summed E-state index contributed by atoms with van der Waals surface area (Å²) in [5, 5.41) is 13.6. The molecular formula is C11H16N4O2. The molecule has 17 heavy (non-hydrogen) atoms. The maximum Gasteiger partial charge on any atom is 0.319 e. The molecule has 0 bridgehead atoms. The number of rotatable bonds is 3. The molecule has 0 aromatic heterocycles. The summed E-state index contributed by atoms with van der Waals surface area (Å²) in [4.78, 5) is 22.1. The van der Waals surface area contributed by atoms with E-state index < -0.39 is 11.9 Å². The summed E-state index contributed by atoms with van der Waals surface area (Å²) < 4.78 is 0. The van der Waals surface area contributed by atoms with Crippen LogP contribution in [-0.4, -0.2) is 18.0 Å². The molecule has 0 heterocycles. The Kier molecular flexibility index (Phi) is 5.01. The molecular weight excluding hydrogens is 220 g/mol. The van der Waals surface area contributed by atoms with E-state index >= 15 is 0 Å². The van der Waals surface area contributed by atoms with Crippen LogP contribution in [0.25, 0.3) is 0 Å². The molecule has 0 unspecified atom stereocenters. The molecule has 1 fully saturated rings. The van der Waals surface area contributed by atoms with Crippen LogP contribution in [0.4, 0.5) is 4.79 Å². The zero-order chi connectivity index (χ0) is 12.7. The van der Waals surface area contributed by atoms with Crippen molar-refractivity contribution in [1.29, 1.82) is 5.26 Å². The van der Waals surface area contributed by atoms with Crippen LogP contribution in [-0.2, 0) is 4.79 Å². The van der Waals surface area contributed by atoms with Gasteiger partial charge in [0.25, 0.3) is 5.91 Å². The first-order valence-corrected chi connectivity index (χ1v) is 5.60. The molecule has 4 N–H and O–H groups in total. The number of carbonyl (C=O) groups excluding carboxylic acids is 2. The van der Waals surface area contributed by atoms with E-state index in [1.165, 1.54) is 6.42 Å². The van der Waals surface area contributed by atoms with Gasteiger partial charge in [-0.3, -0.25) is 4.79 Å². The third-order valence-electron chi connectivity index (χ3n) is 2.67. The van der Waals surface area contributed by atoms with Crippen LogP contribution in [0.1, 0.15) is 32.1 Å². The molecule has 0 atom stereocenters. The van der Waals surface area contributed by atoms with Crippen LogP contribution in [0, 0.1) is 11.3 Å². The van der Waals surface area contributed by atoms with Gasteiger partial charge >= 0.3 is 6.03 Å². The molecule has 1 aliphatic carbocycles. The Morgan fingerprint density at radius 3 is 2.47 bits per heavy atom. The van der Waals surface area contributed by atoms with Crippen LogP contribution in [0.3, 0.4) is 0 Å². The lowest BCUT2D eigenvalue weighted by molar-refractivity contribution is -0.114. The summed E-state index contributed by atoms with van der Waals surface area (Å²) in [5.74, 6) is -0.856. The van der Waals surface area contributed by atoms with Gasteiger partial charge in [0.2, 0.25) is 0 Å². The predicted octanol–water partition coefficient (Wildman–Crippen LogP) is 0.511. The number of hydrogen-bond acceptors (Lipinski definition) is 3. The van der Waals surface area contributed by atoms with Gasteiger partial charge in [0, 0.05) is 12.2 Å². The van der Waals surface area contributed by atoms with E-state index in [1.807, 2.05) is 0 Å². The topological polar surface area (TPSA) is 108 Å². The molecule has 0 aromatic rings. The van der Waals surface area contributed by atoms with Crippen molar-refractivity contribution in [2.45, 2.75) is 38.1 Å². The molecule has 1 aliphatic rings. The normalized spacial score (nSPS) is 17.0. The van der Waals surface area contributed by atoms with Crippen molar-refractivity contribution in [3.8, 4) is 6.07 Å². The first-order chi connectivity index (χ1) is 8.13. The molecule has 92 valence electrons. The number of nitrogens with zero attached hydrogens (tertiary/aromatic N) is 1. The summed E-state index contributed by atoms with van der Waals surface area (Å²) >= 11 is 0. The van der Waals surface area contributed by atoms with Gasteiger partial charge in [-0.15, -0.1) is 0 Å². The highest BCUT2D eigenvalue weighted by Gasteiger charge is 2.15. The van der Waals surface area contributed by atoms with Crippen molar-refractivity contribution in [2.24, 2.45) is 5.73 Å². The van der Waals surface area contributed by atoms with Crippen molar-refractivity contribution in [1.82, 2.24) is 10.6 Å². The van der Waals surface area contributed by atoms with E-state index in [4.69, 9.17) is 11.0 Å². The van der Waals surface area contributed by atoms with Gasteiger partial charge < -0.3 is 16.4 Å². The minimum atomic E-state index is -0.856. The third kappa shape index (κ3) is 4.55. The number of carbonyl (C=O) groups is 2. The first kappa shape index (κ1) is 13.0. The monoisotopic (exact) mass is 236 g/mol. The molecule has 0 radical (unpaired) electrons. The number of nitriles is 1. The van der Waals surface area contributed by atoms with Gasteiger partial charge in [0.05, 0.1) is 0 Å². The fourth-order valence-corrected chi connectivity index (χ4v) is 1.77. The van der Waals surface area contributed by atoms with E-state index in [9.17, 15) is 9.59 Å². The van der Waals surface area contributed by atoms with E-state index in [-0.39, 0.29) is 11.6 Å². The third-order valence-corrected chi connectivity index (χ3v) is 2.67. The SMILES string of the molecule is N#C/C(=C/NC(=O)NC1CCCCC1)C(N)=O. The van der Waals surface area contributed by atoms with Gasteiger partial charge in [0.1, 0.15) is 11.6 Å². The lowest BCUT2D eigenvalue weighted by Crippen LogP contribution is -2.41. The number of nitrogens with one attached hydrogen (secondary N) is 2. The predicted molar refractivity (Wildman–Crippen MR) is 61.4 cm³/mol. The molecule has 1 rings (SSSR count). The van der Waals surface area contributed by atoms with Crippen LogP contribution in [0.2, 0.25) is 0 Å². The molecule has 0 saturated heterocycles. The minimum absolute atomic E-state index is 0.177. The Morgan fingerprint density at radius 1 is 1.29 bits per heavy atom. The molecule has 0 aliphatic heterocycles. The number of urea groups is 1. The Hall–Kier alpha value is -2.03. The lowest BCUT2D eigenvalue weighted by atomic mass is 9.96. The molecule has 6 heteroatoms. The Labute approximate surface area is 99.8 Å². The highest BCUT2D eigenvalue weighted by Crippen LogP contribution is 2.17.